The summed E-state index contributed by atoms with van der Waals surface area (Å²) < 4.78 is 71.0. The number of nitrogens with two attached hydrogens (primary N) is 1. The Labute approximate surface area is 175 Å². The Hall–Kier alpha value is -1.84. The van der Waals surface area contributed by atoms with Gasteiger partial charge in [0, 0.05) is 21.9 Å². The van der Waals surface area contributed by atoms with Crippen molar-refractivity contribution in [1.82, 2.24) is 4.31 Å². The molecule has 0 aliphatic carbocycles. The number of amidine groups is 1. The van der Waals surface area contributed by atoms with Crippen molar-refractivity contribution in [3.8, 4) is 0 Å². The second-order valence-electron chi connectivity index (χ2n) is 5.76. The Kier molecular flexibility index (Phi) is 5.62. The van der Waals surface area contributed by atoms with Crippen molar-refractivity contribution in [3.05, 3.63) is 50.6 Å². The molecule has 150 valence electrons. The highest BCUT2D eigenvalue weighted by molar-refractivity contribution is 14.1. The van der Waals surface area contributed by atoms with E-state index in [9.17, 15) is 21.4 Å². The van der Waals surface area contributed by atoms with E-state index in [1.54, 1.807) is 19.1 Å². The molecule has 28 heavy (non-hydrogen) atoms. The van der Waals surface area contributed by atoms with Gasteiger partial charge in [-0.3, -0.25) is 4.28 Å². The number of oxime groups is 1. The first kappa shape index (κ1) is 20.9. The van der Waals surface area contributed by atoms with E-state index in [2.05, 4.69) is 37.3 Å². The van der Waals surface area contributed by atoms with Crippen LogP contribution in [0.4, 0.5) is 20.2 Å². The lowest BCUT2D eigenvalue weighted by Gasteiger charge is -2.18. The van der Waals surface area contributed by atoms with Gasteiger partial charge in [0.2, 0.25) is 10.0 Å². The molecule has 0 saturated carbocycles. The van der Waals surface area contributed by atoms with Crippen molar-refractivity contribution in [2.75, 3.05) is 12.4 Å². The van der Waals surface area contributed by atoms with Gasteiger partial charge in [-0.1, -0.05) is 0 Å². The highest BCUT2D eigenvalue weighted by Crippen LogP contribution is 2.33. The first-order valence-electron chi connectivity index (χ1n) is 7.50. The predicted molar refractivity (Wildman–Crippen MR) is 108 cm³/mol. The van der Waals surface area contributed by atoms with Crippen LogP contribution in [0.25, 0.3) is 0 Å². The minimum atomic E-state index is -4.58. The van der Waals surface area contributed by atoms with Crippen molar-refractivity contribution in [3.63, 3.8) is 0 Å². The lowest BCUT2D eigenvalue weighted by Crippen LogP contribution is -2.26. The van der Waals surface area contributed by atoms with Gasteiger partial charge >= 0.3 is 11.3 Å². The molecule has 0 saturated heterocycles. The average molecular weight is 542 g/mol. The molecule has 0 amide bonds. The summed E-state index contributed by atoms with van der Waals surface area (Å²) in [4.78, 5) is -1.06. The highest BCUT2D eigenvalue weighted by Gasteiger charge is 2.32. The minimum absolute atomic E-state index is 0.159. The third kappa shape index (κ3) is 3.83. The highest BCUT2D eigenvalue weighted by atomic mass is 127. The number of anilines is 2. The SMILES string of the molecule is Cc1cc(I)ccc1Nc1c(C2=NOS(=O)N2C)cc(S(N)(=O)=O)c(F)c1F. The first-order valence-corrected chi connectivity index (χ1v) is 11.2. The maximum absolute atomic E-state index is 14.9. The quantitative estimate of drug-likeness (QED) is 0.577. The third-order valence-corrected chi connectivity index (χ3v) is 6.28. The fourth-order valence-electron chi connectivity index (χ4n) is 2.47. The Bertz CT molecular complexity index is 1140. The van der Waals surface area contributed by atoms with Crippen molar-refractivity contribution in [1.29, 1.82) is 0 Å². The summed E-state index contributed by atoms with van der Waals surface area (Å²) in [7, 11) is -3.24. The molecule has 1 heterocycles. The van der Waals surface area contributed by atoms with Crippen molar-refractivity contribution >= 4 is 61.1 Å². The molecule has 2 aromatic carbocycles. The molecule has 8 nitrogen and oxygen atoms in total. The van der Waals surface area contributed by atoms with Gasteiger partial charge in [-0.15, -0.1) is 0 Å². The molecule has 0 radical (unpaired) electrons. The fourth-order valence-corrected chi connectivity index (χ4v) is 4.25. The molecule has 0 fully saturated rings. The fraction of sp³-hybridized carbons (Fsp3) is 0.133. The van der Waals surface area contributed by atoms with E-state index in [0.717, 1.165) is 19.5 Å². The summed E-state index contributed by atoms with van der Waals surface area (Å²) in [6.07, 6.45) is 0. The second-order valence-corrected chi connectivity index (χ2v) is 9.66. The number of primary sulfonamides is 1. The molecule has 2 aromatic rings. The number of hydrogen-bond donors (Lipinski definition) is 2. The third-order valence-electron chi connectivity index (χ3n) is 3.88. The normalized spacial score (nSPS) is 16.7. The van der Waals surface area contributed by atoms with Crippen molar-refractivity contribution in [2.24, 2.45) is 10.3 Å². The number of sulfonamides is 1. The molecule has 3 rings (SSSR count). The maximum Gasteiger partial charge on any atom is 0.341 e. The summed E-state index contributed by atoms with van der Waals surface area (Å²) in [5.74, 6) is -3.28. The van der Waals surface area contributed by atoms with Crippen LogP contribution in [0.1, 0.15) is 11.1 Å². The van der Waals surface area contributed by atoms with Crippen LogP contribution in [-0.2, 0) is 25.6 Å². The smallest absolute Gasteiger partial charge is 0.341 e. The van der Waals surface area contributed by atoms with Gasteiger partial charge in [0.15, 0.2) is 17.5 Å². The first-order chi connectivity index (χ1) is 13.0. The summed E-state index contributed by atoms with van der Waals surface area (Å²) in [5, 5.41) is 11.3. The summed E-state index contributed by atoms with van der Waals surface area (Å²) in [6.45, 7) is 1.76. The Balaban J connectivity index is 2.25. The van der Waals surface area contributed by atoms with Crippen LogP contribution < -0.4 is 10.5 Å². The Morgan fingerprint density at radius 1 is 1.29 bits per heavy atom. The molecular formula is C15H13F2IN4O4S2. The zero-order valence-corrected chi connectivity index (χ0v) is 18.2. The van der Waals surface area contributed by atoms with Gasteiger partial charge in [-0.05, 0) is 64.5 Å². The number of aryl methyl sites for hydroxylation is 1. The molecule has 1 aliphatic rings. The lowest BCUT2D eigenvalue weighted by atomic mass is 10.1. The summed E-state index contributed by atoms with van der Waals surface area (Å²) in [5.41, 5.74) is 0.595. The zero-order valence-electron chi connectivity index (χ0n) is 14.4. The van der Waals surface area contributed by atoms with E-state index in [0.29, 0.717) is 5.69 Å². The number of rotatable bonds is 4. The molecular weight excluding hydrogens is 529 g/mol. The van der Waals surface area contributed by atoms with Gasteiger partial charge in [0.1, 0.15) is 4.90 Å². The van der Waals surface area contributed by atoms with Crippen molar-refractivity contribution in [2.45, 2.75) is 11.8 Å². The monoisotopic (exact) mass is 542 g/mol. The topological polar surface area (TPSA) is 114 Å². The van der Waals surface area contributed by atoms with Gasteiger partial charge < -0.3 is 5.32 Å². The van der Waals surface area contributed by atoms with Gasteiger partial charge in [-0.25, -0.2) is 26.6 Å². The van der Waals surface area contributed by atoms with E-state index in [4.69, 9.17) is 5.14 Å². The maximum atomic E-state index is 14.9. The Morgan fingerprint density at radius 2 is 1.96 bits per heavy atom. The zero-order chi connectivity index (χ0) is 20.8. The van der Waals surface area contributed by atoms with E-state index in [1.165, 1.54) is 7.05 Å². The number of nitrogens with zero attached hydrogens (tertiary/aromatic N) is 2. The average Bonchev–Trinajstić information content (AvgIpc) is 2.92. The van der Waals surface area contributed by atoms with Crippen LogP contribution in [0.15, 0.2) is 34.3 Å². The van der Waals surface area contributed by atoms with E-state index in [1.807, 2.05) is 6.07 Å². The molecule has 1 aliphatic heterocycles. The largest absolute Gasteiger partial charge is 0.352 e. The van der Waals surface area contributed by atoms with Crippen LogP contribution in [0, 0.1) is 22.1 Å². The van der Waals surface area contributed by atoms with Crippen LogP contribution in [0.3, 0.4) is 0 Å². The van der Waals surface area contributed by atoms with E-state index < -0.39 is 43.5 Å². The predicted octanol–water partition coefficient (Wildman–Crippen LogP) is 2.47. The molecule has 0 spiro atoms. The van der Waals surface area contributed by atoms with Crippen LogP contribution in [-0.4, -0.2) is 29.8 Å². The minimum Gasteiger partial charge on any atom is -0.352 e. The van der Waals surface area contributed by atoms with Crippen LogP contribution in [0.2, 0.25) is 0 Å². The van der Waals surface area contributed by atoms with Crippen molar-refractivity contribution < 1.29 is 25.7 Å². The van der Waals surface area contributed by atoms with Gasteiger partial charge in [-0.2, -0.15) is 4.21 Å². The van der Waals surface area contributed by atoms with Gasteiger partial charge in [0.05, 0.1) is 5.69 Å². The second kappa shape index (κ2) is 7.53. The summed E-state index contributed by atoms with van der Waals surface area (Å²) in [6, 6.07) is 6.03. The molecule has 0 aromatic heterocycles. The molecule has 3 N–H and O–H groups in total. The molecule has 0 bridgehead atoms. The van der Waals surface area contributed by atoms with E-state index in [-0.39, 0.29) is 11.4 Å². The molecule has 13 heteroatoms. The summed E-state index contributed by atoms with van der Waals surface area (Å²) >= 11 is 0.106. The Morgan fingerprint density at radius 3 is 2.50 bits per heavy atom. The van der Waals surface area contributed by atoms with Crippen LogP contribution in [0.5, 0.6) is 0 Å². The number of nitrogens with one attached hydrogen (secondary N) is 1. The van der Waals surface area contributed by atoms with Crippen LogP contribution >= 0.6 is 22.6 Å². The number of hydrogen-bond acceptors (Lipinski definition) is 6. The van der Waals surface area contributed by atoms with E-state index >= 15 is 0 Å². The number of benzene rings is 2. The molecule has 1 atom stereocenters. The lowest BCUT2D eigenvalue weighted by molar-refractivity contribution is 0.380. The number of halogens is 3. The van der Waals surface area contributed by atoms with Gasteiger partial charge in [0.25, 0.3) is 0 Å². The standard InChI is InChI=1S/C15H13F2IN4O4S2/c1-7-5-8(18)3-4-10(7)20-14-9(15-21-26-27(23)22(15)2)6-11(28(19,24)25)12(16)13(14)17/h3-6,20H,1-2H3,(H2,19,24,25). The molecule has 1 unspecified atom stereocenters.